The number of ketones is 1. The lowest BCUT2D eigenvalue weighted by atomic mass is 9.82. The van der Waals surface area contributed by atoms with E-state index in [0.717, 1.165) is 4.90 Å². The number of ether oxygens (including phenoxy) is 1. The fourth-order valence-corrected chi connectivity index (χ4v) is 2.64. The minimum Gasteiger partial charge on any atom is -0.479 e. The van der Waals surface area contributed by atoms with Crippen LogP contribution in [0.4, 0.5) is 0 Å². The van der Waals surface area contributed by atoms with Crippen molar-refractivity contribution < 1.29 is 29.3 Å². The lowest BCUT2D eigenvalue weighted by Gasteiger charge is -2.46. The second kappa shape index (κ2) is 3.78. The summed E-state index contributed by atoms with van der Waals surface area (Å²) in [7, 11) is 1.28. The molecule has 0 aromatic heterocycles. The third-order valence-corrected chi connectivity index (χ3v) is 3.37. The second-order valence-corrected chi connectivity index (χ2v) is 4.30. The number of carboxylic acids is 1. The molecule has 0 radical (unpaired) electrons. The third-order valence-electron chi connectivity index (χ3n) is 3.37. The van der Waals surface area contributed by atoms with Gasteiger partial charge in [-0.25, -0.2) is 4.79 Å². The molecule has 3 unspecified atom stereocenters. The Kier molecular flexibility index (Phi) is 2.67. The molecular formula is C10H13NO6. The fourth-order valence-electron chi connectivity index (χ4n) is 2.64. The number of nitrogens with zero attached hydrogens (tertiary/aromatic N) is 1. The molecule has 0 spiro atoms. The lowest BCUT2D eigenvalue weighted by molar-refractivity contribution is -0.173. The van der Waals surface area contributed by atoms with Crippen LogP contribution in [0.25, 0.3) is 0 Å². The van der Waals surface area contributed by atoms with E-state index in [1.165, 1.54) is 14.0 Å². The van der Waals surface area contributed by atoms with E-state index in [0.29, 0.717) is 0 Å². The summed E-state index contributed by atoms with van der Waals surface area (Å²) in [6, 6.07) is -2.14. The normalized spacial score (nSPS) is 37.7. The maximum Gasteiger partial charge on any atom is 0.334 e. The van der Waals surface area contributed by atoms with Gasteiger partial charge in [0.05, 0.1) is 18.1 Å². The summed E-state index contributed by atoms with van der Waals surface area (Å²) < 4.78 is 4.95. The number of carboxylic acid groups (broad SMARTS) is 1. The van der Waals surface area contributed by atoms with Crippen molar-refractivity contribution in [2.45, 2.75) is 31.2 Å². The zero-order valence-corrected chi connectivity index (χ0v) is 9.36. The van der Waals surface area contributed by atoms with Crippen LogP contribution in [0.15, 0.2) is 0 Å². The Labute approximate surface area is 97.0 Å². The Bertz CT molecular complexity index is 392. The van der Waals surface area contributed by atoms with E-state index in [2.05, 4.69) is 0 Å². The molecular weight excluding hydrogens is 230 g/mol. The SMILES string of the molecule is COC1C(=O)C(C(=O)O)N2C(=O)[C@H](C(C)O)[C@H]12. The van der Waals surface area contributed by atoms with Gasteiger partial charge in [0.25, 0.3) is 0 Å². The van der Waals surface area contributed by atoms with E-state index in [4.69, 9.17) is 9.84 Å². The Morgan fingerprint density at radius 1 is 1.47 bits per heavy atom. The first kappa shape index (κ1) is 12.0. The second-order valence-electron chi connectivity index (χ2n) is 4.30. The van der Waals surface area contributed by atoms with E-state index in [9.17, 15) is 19.5 Å². The number of Topliss-reactive ketones (excluding diaryl/α,β-unsaturated/α-hetero) is 1. The molecule has 0 aliphatic carbocycles. The number of aliphatic hydroxyl groups is 1. The minimum atomic E-state index is -1.48. The summed E-state index contributed by atoms with van der Waals surface area (Å²) in [6.07, 6.45) is -1.89. The largest absolute Gasteiger partial charge is 0.479 e. The van der Waals surface area contributed by atoms with Gasteiger partial charge in [-0.3, -0.25) is 9.59 Å². The Hall–Kier alpha value is -1.47. The zero-order valence-electron chi connectivity index (χ0n) is 9.36. The van der Waals surface area contributed by atoms with Gasteiger partial charge in [-0.05, 0) is 6.92 Å². The number of hydrogen-bond acceptors (Lipinski definition) is 5. The van der Waals surface area contributed by atoms with Crippen molar-refractivity contribution in [3.63, 3.8) is 0 Å². The highest BCUT2D eigenvalue weighted by molar-refractivity contribution is 6.13. The molecule has 2 aliphatic heterocycles. The summed E-state index contributed by atoms with van der Waals surface area (Å²) >= 11 is 0. The Morgan fingerprint density at radius 3 is 2.47 bits per heavy atom. The fraction of sp³-hybridized carbons (Fsp3) is 0.700. The first-order valence-electron chi connectivity index (χ1n) is 5.21. The van der Waals surface area contributed by atoms with Crippen LogP contribution in [0.5, 0.6) is 0 Å². The third kappa shape index (κ3) is 1.39. The number of β-lactam (4-membered cyclic amide) rings is 1. The quantitative estimate of drug-likeness (QED) is 0.449. The van der Waals surface area contributed by atoms with Gasteiger partial charge in [0.1, 0.15) is 6.10 Å². The van der Waals surface area contributed by atoms with E-state index < -0.39 is 47.9 Å². The predicted molar refractivity (Wildman–Crippen MR) is 53.0 cm³/mol. The molecule has 0 bridgehead atoms. The molecule has 2 fully saturated rings. The number of methoxy groups -OCH3 is 1. The number of aliphatic carboxylic acids is 1. The number of amides is 1. The topological polar surface area (TPSA) is 104 Å². The lowest BCUT2D eigenvalue weighted by Crippen LogP contribution is -2.66. The average Bonchev–Trinajstić information content (AvgIpc) is 2.47. The van der Waals surface area contributed by atoms with Gasteiger partial charge in [0.2, 0.25) is 5.91 Å². The van der Waals surface area contributed by atoms with Crippen LogP contribution < -0.4 is 0 Å². The first-order valence-corrected chi connectivity index (χ1v) is 5.21. The highest BCUT2D eigenvalue weighted by Crippen LogP contribution is 2.40. The summed E-state index contributed by atoms with van der Waals surface area (Å²) in [5, 5.41) is 18.4. The molecule has 2 aliphatic rings. The van der Waals surface area contributed by atoms with E-state index >= 15 is 0 Å². The molecule has 7 heteroatoms. The molecule has 0 aromatic rings. The molecule has 0 aromatic carbocycles. The number of carbonyl (C=O) groups excluding carboxylic acids is 2. The maximum absolute atomic E-state index is 11.8. The number of rotatable bonds is 3. The minimum absolute atomic E-state index is 0.509. The van der Waals surface area contributed by atoms with Crippen molar-refractivity contribution in [1.82, 2.24) is 4.90 Å². The van der Waals surface area contributed by atoms with Crippen molar-refractivity contribution in [3.8, 4) is 0 Å². The molecule has 2 saturated heterocycles. The number of aliphatic hydroxyl groups excluding tert-OH is 1. The monoisotopic (exact) mass is 243 g/mol. The molecule has 94 valence electrons. The number of carbonyl (C=O) groups is 3. The van der Waals surface area contributed by atoms with Gasteiger partial charge in [-0.2, -0.15) is 0 Å². The number of hydrogen-bond donors (Lipinski definition) is 2. The van der Waals surface area contributed by atoms with Gasteiger partial charge >= 0.3 is 5.97 Å². The van der Waals surface area contributed by atoms with Crippen LogP contribution in [0.3, 0.4) is 0 Å². The Balaban J connectivity index is 2.34. The Morgan fingerprint density at radius 2 is 2.06 bits per heavy atom. The van der Waals surface area contributed by atoms with E-state index in [1.54, 1.807) is 0 Å². The van der Waals surface area contributed by atoms with Crippen LogP contribution in [0.2, 0.25) is 0 Å². The summed E-state index contributed by atoms with van der Waals surface area (Å²) in [5.41, 5.74) is 0. The van der Waals surface area contributed by atoms with Crippen molar-refractivity contribution in [2.75, 3.05) is 7.11 Å². The van der Waals surface area contributed by atoms with Gasteiger partial charge in [-0.1, -0.05) is 0 Å². The highest BCUT2D eigenvalue weighted by atomic mass is 16.5. The summed E-state index contributed by atoms with van der Waals surface area (Å²) in [6.45, 7) is 1.44. The molecule has 5 atom stereocenters. The molecule has 1 amide bonds. The van der Waals surface area contributed by atoms with Crippen molar-refractivity contribution in [1.29, 1.82) is 0 Å². The van der Waals surface area contributed by atoms with Gasteiger partial charge in [0.15, 0.2) is 11.8 Å². The number of fused-ring (bicyclic) bond motifs is 1. The molecule has 17 heavy (non-hydrogen) atoms. The standard InChI is InChI=1S/C10H13NO6/c1-3(12)4-5-8(17-2)7(13)6(10(15)16)11(5)9(4)14/h3-6,8,12H,1-2H3,(H,15,16)/t3?,4-,5-,6?,8?/m1/s1. The van der Waals surface area contributed by atoms with E-state index in [1.807, 2.05) is 0 Å². The predicted octanol–water partition coefficient (Wildman–Crippen LogP) is -1.75. The smallest absolute Gasteiger partial charge is 0.334 e. The van der Waals surface area contributed by atoms with E-state index in [-0.39, 0.29) is 0 Å². The van der Waals surface area contributed by atoms with Gasteiger partial charge in [-0.15, -0.1) is 0 Å². The van der Waals surface area contributed by atoms with Crippen LogP contribution in [-0.2, 0) is 19.1 Å². The maximum atomic E-state index is 11.8. The van der Waals surface area contributed by atoms with Gasteiger partial charge < -0.3 is 19.8 Å². The summed E-state index contributed by atoms with van der Waals surface area (Å²) in [4.78, 5) is 35.4. The van der Waals surface area contributed by atoms with Crippen LogP contribution in [0, 0.1) is 5.92 Å². The molecule has 2 N–H and O–H groups in total. The first-order chi connectivity index (χ1) is 7.91. The summed E-state index contributed by atoms with van der Waals surface area (Å²) in [5.74, 6) is -3.27. The zero-order chi connectivity index (χ0) is 12.9. The molecule has 0 saturated carbocycles. The van der Waals surface area contributed by atoms with Crippen molar-refractivity contribution in [3.05, 3.63) is 0 Å². The van der Waals surface area contributed by atoms with Crippen LogP contribution >= 0.6 is 0 Å². The van der Waals surface area contributed by atoms with Crippen LogP contribution in [-0.4, -0.2) is 64.2 Å². The molecule has 7 nitrogen and oxygen atoms in total. The average molecular weight is 243 g/mol. The molecule has 2 rings (SSSR count). The van der Waals surface area contributed by atoms with Crippen LogP contribution in [0.1, 0.15) is 6.92 Å². The molecule has 2 heterocycles. The van der Waals surface area contributed by atoms with Crippen molar-refractivity contribution >= 4 is 17.7 Å². The van der Waals surface area contributed by atoms with Gasteiger partial charge in [0, 0.05) is 7.11 Å². The highest BCUT2D eigenvalue weighted by Gasteiger charge is 2.66. The van der Waals surface area contributed by atoms with Crippen molar-refractivity contribution in [2.24, 2.45) is 5.92 Å².